The molecule has 1 aliphatic heterocycles. The summed E-state index contributed by atoms with van der Waals surface area (Å²) in [7, 11) is 0. The van der Waals surface area contributed by atoms with Crippen molar-refractivity contribution < 1.29 is 14.3 Å². The maximum Gasteiger partial charge on any atom is 0.263 e. The van der Waals surface area contributed by atoms with E-state index in [4.69, 9.17) is 9.47 Å². The fourth-order valence-corrected chi connectivity index (χ4v) is 3.03. The van der Waals surface area contributed by atoms with Crippen LogP contribution in [0.5, 0.6) is 11.5 Å². The lowest BCUT2D eigenvalue weighted by Gasteiger charge is -2.11. The summed E-state index contributed by atoms with van der Waals surface area (Å²) in [4.78, 5) is 12.3. The van der Waals surface area contributed by atoms with Crippen molar-refractivity contribution in [3.8, 4) is 17.6 Å². The minimum absolute atomic E-state index is 0.00937. The van der Waals surface area contributed by atoms with Crippen LogP contribution in [0.4, 0.5) is 5.69 Å². The second-order valence-corrected chi connectivity index (χ2v) is 6.46. The molecule has 1 heterocycles. The van der Waals surface area contributed by atoms with Crippen LogP contribution in [0.2, 0.25) is 0 Å². The summed E-state index contributed by atoms with van der Waals surface area (Å²) >= 11 is 0. The largest absolute Gasteiger partial charge is 0.454 e. The molecule has 0 aliphatic carbocycles. The molecule has 138 valence electrons. The Morgan fingerprint density at radius 3 is 2.56 bits per heavy atom. The fraction of sp³-hybridized carbons (Fsp3) is 0.238. The minimum atomic E-state index is -0.440. The number of nitrogens with one attached hydrogen (secondary N) is 2. The van der Waals surface area contributed by atoms with E-state index >= 15 is 0 Å². The van der Waals surface area contributed by atoms with Crippen molar-refractivity contribution in [1.82, 2.24) is 5.32 Å². The topological polar surface area (TPSA) is 83.4 Å². The summed E-state index contributed by atoms with van der Waals surface area (Å²) in [5.41, 5.74) is 5.06. The standard InChI is InChI=1S/C21H21N3O3/c1-13-6-14(2)20(15(3)7-13)23-11-17(9-22)21(25)24-10-16-4-5-18-19(8-16)27-12-26-18/h4-8,11,23H,10,12H2,1-3H3,(H,24,25)/b17-11-. The average Bonchev–Trinajstić information content (AvgIpc) is 3.09. The number of carbonyl (C=O) groups is 1. The van der Waals surface area contributed by atoms with Crippen LogP contribution in [0.15, 0.2) is 42.1 Å². The highest BCUT2D eigenvalue weighted by Gasteiger charge is 2.14. The molecule has 2 aromatic carbocycles. The predicted molar refractivity (Wildman–Crippen MR) is 102 cm³/mol. The van der Waals surface area contributed by atoms with E-state index in [0.717, 1.165) is 22.4 Å². The molecule has 0 atom stereocenters. The summed E-state index contributed by atoms with van der Waals surface area (Å²) in [6.45, 7) is 6.50. The molecule has 0 aromatic heterocycles. The Hall–Kier alpha value is -3.46. The molecule has 0 bridgehead atoms. The molecule has 27 heavy (non-hydrogen) atoms. The molecule has 3 rings (SSSR count). The zero-order valence-electron chi connectivity index (χ0n) is 15.6. The van der Waals surface area contributed by atoms with Crippen molar-refractivity contribution in [1.29, 1.82) is 5.26 Å². The van der Waals surface area contributed by atoms with Crippen molar-refractivity contribution in [2.45, 2.75) is 27.3 Å². The molecular weight excluding hydrogens is 342 g/mol. The van der Waals surface area contributed by atoms with E-state index < -0.39 is 5.91 Å². The molecule has 2 N–H and O–H groups in total. The molecule has 1 aliphatic rings. The van der Waals surface area contributed by atoms with Gasteiger partial charge in [0.05, 0.1) is 0 Å². The van der Waals surface area contributed by atoms with Crippen molar-refractivity contribution in [2.24, 2.45) is 0 Å². The second-order valence-electron chi connectivity index (χ2n) is 6.46. The zero-order chi connectivity index (χ0) is 19.4. The van der Waals surface area contributed by atoms with Gasteiger partial charge in [0.1, 0.15) is 11.6 Å². The lowest BCUT2D eigenvalue weighted by atomic mass is 10.1. The Kier molecular flexibility index (Phi) is 5.32. The summed E-state index contributed by atoms with van der Waals surface area (Å²) in [6.07, 6.45) is 1.44. The lowest BCUT2D eigenvalue weighted by molar-refractivity contribution is -0.117. The van der Waals surface area contributed by atoms with Gasteiger partial charge in [0.15, 0.2) is 11.5 Å². The van der Waals surface area contributed by atoms with Gasteiger partial charge in [0, 0.05) is 18.4 Å². The number of carbonyl (C=O) groups excluding carboxylic acids is 1. The van der Waals surface area contributed by atoms with Crippen LogP contribution in [0, 0.1) is 32.1 Å². The highest BCUT2D eigenvalue weighted by atomic mass is 16.7. The summed E-state index contributed by atoms with van der Waals surface area (Å²) in [5, 5.41) is 15.2. The van der Waals surface area contributed by atoms with E-state index in [2.05, 4.69) is 22.8 Å². The first-order valence-corrected chi connectivity index (χ1v) is 8.59. The Morgan fingerprint density at radius 2 is 1.85 bits per heavy atom. The van der Waals surface area contributed by atoms with E-state index in [1.165, 1.54) is 11.8 Å². The van der Waals surface area contributed by atoms with Crippen molar-refractivity contribution in [3.05, 3.63) is 64.4 Å². The van der Waals surface area contributed by atoms with E-state index in [1.54, 1.807) is 6.07 Å². The molecule has 6 nitrogen and oxygen atoms in total. The monoisotopic (exact) mass is 363 g/mol. The molecule has 2 aromatic rings. The van der Waals surface area contributed by atoms with Crippen molar-refractivity contribution >= 4 is 11.6 Å². The number of nitriles is 1. The number of nitrogens with zero attached hydrogens (tertiary/aromatic N) is 1. The Labute approximate surface area is 158 Å². The van der Waals surface area contributed by atoms with Crippen LogP contribution in [-0.2, 0) is 11.3 Å². The van der Waals surface area contributed by atoms with Gasteiger partial charge in [0.2, 0.25) is 6.79 Å². The second kappa shape index (κ2) is 7.83. The average molecular weight is 363 g/mol. The van der Waals surface area contributed by atoms with Gasteiger partial charge in [-0.3, -0.25) is 4.79 Å². The van der Waals surface area contributed by atoms with E-state index in [-0.39, 0.29) is 18.9 Å². The Morgan fingerprint density at radius 1 is 1.15 bits per heavy atom. The first-order valence-electron chi connectivity index (χ1n) is 8.59. The van der Waals surface area contributed by atoms with Crippen molar-refractivity contribution in [2.75, 3.05) is 12.1 Å². The van der Waals surface area contributed by atoms with Crippen LogP contribution in [0.25, 0.3) is 0 Å². The third-order valence-corrected chi connectivity index (χ3v) is 4.29. The molecule has 0 fully saturated rings. The van der Waals surface area contributed by atoms with Gasteiger partial charge in [-0.2, -0.15) is 5.26 Å². The zero-order valence-corrected chi connectivity index (χ0v) is 15.6. The molecular formula is C21H21N3O3. The number of amides is 1. The number of rotatable bonds is 5. The van der Waals surface area contributed by atoms with Crippen LogP contribution in [-0.4, -0.2) is 12.7 Å². The molecule has 6 heteroatoms. The normalized spacial score (nSPS) is 12.4. The maximum absolute atomic E-state index is 12.3. The van der Waals surface area contributed by atoms with Crippen LogP contribution < -0.4 is 20.1 Å². The van der Waals surface area contributed by atoms with Crippen molar-refractivity contribution in [3.63, 3.8) is 0 Å². The minimum Gasteiger partial charge on any atom is -0.454 e. The summed E-state index contributed by atoms with van der Waals surface area (Å²) < 4.78 is 10.6. The number of ether oxygens (including phenoxy) is 2. The van der Waals surface area contributed by atoms with Gasteiger partial charge in [-0.25, -0.2) is 0 Å². The van der Waals surface area contributed by atoms with Crippen LogP contribution in [0.1, 0.15) is 22.3 Å². The Balaban J connectivity index is 1.66. The molecule has 1 amide bonds. The number of aryl methyl sites for hydroxylation is 3. The highest BCUT2D eigenvalue weighted by Crippen LogP contribution is 2.32. The van der Waals surface area contributed by atoms with Gasteiger partial charge in [-0.15, -0.1) is 0 Å². The molecule has 0 unspecified atom stereocenters. The van der Waals surface area contributed by atoms with Gasteiger partial charge >= 0.3 is 0 Å². The number of hydrogen-bond donors (Lipinski definition) is 2. The smallest absolute Gasteiger partial charge is 0.263 e. The van der Waals surface area contributed by atoms with Gasteiger partial charge in [0.25, 0.3) is 5.91 Å². The number of fused-ring (bicyclic) bond motifs is 1. The molecule has 0 saturated carbocycles. The Bertz CT molecular complexity index is 935. The maximum atomic E-state index is 12.3. The highest BCUT2D eigenvalue weighted by molar-refractivity contribution is 5.97. The van der Waals surface area contributed by atoms with Gasteiger partial charge in [-0.05, 0) is 49.6 Å². The van der Waals surface area contributed by atoms with Gasteiger partial charge < -0.3 is 20.1 Å². The third kappa shape index (κ3) is 4.21. The van der Waals surface area contributed by atoms with E-state index in [1.807, 2.05) is 39.0 Å². The lowest BCUT2D eigenvalue weighted by Crippen LogP contribution is -2.24. The quantitative estimate of drug-likeness (QED) is 0.628. The number of anilines is 1. The molecule has 0 spiro atoms. The third-order valence-electron chi connectivity index (χ3n) is 4.29. The fourth-order valence-electron chi connectivity index (χ4n) is 3.03. The first kappa shape index (κ1) is 18.3. The number of hydrogen-bond acceptors (Lipinski definition) is 5. The van der Waals surface area contributed by atoms with Gasteiger partial charge in [-0.1, -0.05) is 23.8 Å². The van der Waals surface area contributed by atoms with Crippen LogP contribution in [0.3, 0.4) is 0 Å². The summed E-state index contributed by atoms with van der Waals surface area (Å²) in [6, 6.07) is 11.5. The summed E-state index contributed by atoms with van der Waals surface area (Å²) in [5.74, 6) is 0.908. The number of benzene rings is 2. The van der Waals surface area contributed by atoms with E-state index in [0.29, 0.717) is 11.5 Å². The van der Waals surface area contributed by atoms with Crippen LogP contribution >= 0.6 is 0 Å². The molecule has 0 saturated heterocycles. The first-order chi connectivity index (χ1) is 13.0. The predicted octanol–water partition coefficient (Wildman–Crippen LogP) is 3.48. The molecule has 0 radical (unpaired) electrons. The van der Waals surface area contributed by atoms with E-state index in [9.17, 15) is 10.1 Å². The SMILES string of the molecule is Cc1cc(C)c(N/C=C(/C#N)C(=O)NCc2ccc3c(c2)OCO3)c(C)c1.